The van der Waals surface area contributed by atoms with Gasteiger partial charge in [0, 0.05) is 0 Å². The summed E-state index contributed by atoms with van der Waals surface area (Å²) in [6, 6.07) is 7.10. The summed E-state index contributed by atoms with van der Waals surface area (Å²) >= 11 is 0. The predicted octanol–water partition coefficient (Wildman–Crippen LogP) is 4.56. The van der Waals surface area contributed by atoms with Crippen LogP contribution in [0.2, 0.25) is 0 Å². The topological polar surface area (TPSA) is 35.3 Å². The monoisotopic (exact) mass is 297 g/mol. The zero-order chi connectivity index (χ0) is 15.0. The van der Waals surface area contributed by atoms with E-state index in [9.17, 15) is 13.2 Å². The molecule has 1 aromatic carbocycles. The van der Waals surface area contributed by atoms with Crippen molar-refractivity contribution in [2.75, 3.05) is 0 Å². The van der Waals surface area contributed by atoms with Gasteiger partial charge in [0.05, 0.1) is 12.0 Å². The third-order valence-corrected chi connectivity index (χ3v) is 3.65. The van der Waals surface area contributed by atoms with Crippen LogP contribution in [0.4, 0.5) is 13.2 Å². The molecule has 2 aromatic rings. The van der Waals surface area contributed by atoms with Crippen LogP contribution < -0.4 is 0 Å². The number of allylic oxidation sites excluding steroid dienone is 1. The Bertz CT molecular complexity index is 629. The van der Waals surface area contributed by atoms with Crippen molar-refractivity contribution in [3.05, 3.63) is 42.3 Å². The molecule has 21 heavy (non-hydrogen) atoms. The number of rotatable bonds is 2. The molecule has 1 aromatic heterocycles. The number of hydrogen-bond donors (Lipinski definition) is 0. The lowest BCUT2D eigenvalue weighted by molar-refractivity contribution is -0.347. The summed E-state index contributed by atoms with van der Waals surface area (Å²) in [6.07, 6.45) is -4.45. The Hall–Kier alpha value is -1.82. The van der Waals surface area contributed by atoms with Gasteiger partial charge in [-0.05, 0) is 31.4 Å². The predicted molar refractivity (Wildman–Crippen MR) is 70.7 cm³/mol. The average Bonchev–Trinajstić information content (AvgIpc) is 2.83. The highest BCUT2D eigenvalue weighted by molar-refractivity contribution is 5.72. The average molecular weight is 297 g/mol. The van der Waals surface area contributed by atoms with Crippen molar-refractivity contribution in [3.63, 3.8) is 0 Å². The van der Waals surface area contributed by atoms with Crippen molar-refractivity contribution >= 4 is 11.1 Å². The minimum atomic E-state index is -4.66. The lowest BCUT2D eigenvalue weighted by Crippen LogP contribution is -2.32. The first kappa shape index (κ1) is 14.1. The van der Waals surface area contributed by atoms with E-state index in [0.29, 0.717) is 23.9 Å². The zero-order valence-electron chi connectivity index (χ0n) is 11.2. The molecule has 1 aliphatic carbocycles. The molecule has 112 valence electrons. The number of hydrogen-bond acceptors (Lipinski definition) is 3. The fourth-order valence-corrected chi connectivity index (χ4v) is 2.70. The van der Waals surface area contributed by atoms with E-state index >= 15 is 0 Å². The Balaban J connectivity index is 1.92. The first-order chi connectivity index (χ1) is 9.92. The van der Waals surface area contributed by atoms with Gasteiger partial charge in [0.2, 0.25) is 5.89 Å². The minimum absolute atomic E-state index is 0.266. The number of oxazole rings is 1. The van der Waals surface area contributed by atoms with Gasteiger partial charge < -0.3 is 4.42 Å². The Kier molecular flexibility index (Phi) is 3.49. The van der Waals surface area contributed by atoms with E-state index in [1.165, 1.54) is 0 Å². The molecular weight excluding hydrogens is 283 g/mol. The molecule has 0 saturated heterocycles. The van der Waals surface area contributed by atoms with E-state index in [2.05, 4.69) is 16.3 Å². The summed E-state index contributed by atoms with van der Waals surface area (Å²) in [5.41, 5.74) is 2.09. The second kappa shape index (κ2) is 5.18. The lowest BCUT2D eigenvalue weighted by atomic mass is 9.83. The number of benzene rings is 1. The number of fused-ring (bicyclic) bond motifs is 1. The van der Waals surface area contributed by atoms with Gasteiger partial charge in [-0.2, -0.15) is 0 Å². The van der Waals surface area contributed by atoms with Gasteiger partial charge in [-0.1, -0.05) is 24.3 Å². The maximum Gasteiger partial charge on any atom is 0.522 e. The fraction of sp³-hybridized carbons (Fsp3) is 0.400. The van der Waals surface area contributed by atoms with Crippen LogP contribution >= 0.6 is 0 Å². The Morgan fingerprint density at radius 2 is 2.05 bits per heavy atom. The third kappa shape index (κ3) is 3.10. The van der Waals surface area contributed by atoms with E-state index in [1.807, 2.05) is 0 Å². The maximum absolute atomic E-state index is 12.5. The number of aromatic nitrogens is 1. The van der Waals surface area contributed by atoms with E-state index in [-0.39, 0.29) is 12.3 Å². The van der Waals surface area contributed by atoms with Gasteiger partial charge in [-0.15, -0.1) is 13.2 Å². The van der Waals surface area contributed by atoms with E-state index in [1.54, 1.807) is 24.3 Å². The van der Waals surface area contributed by atoms with Crippen molar-refractivity contribution in [2.45, 2.75) is 37.6 Å². The molecule has 0 aliphatic heterocycles. The Labute approximate surface area is 119 Å². The quantitative estimate of drug-likeness (QED) is 0.762. The smallest absolute Gasteiger partial charge is 0.440 e. The van der Waals surface area contributed by atoms with Crippen molar-refractivity contribution in [1.82, 2.24) is 4.98 Å². The lowest BCUT2D eigenvalue weighted by Gasteiger charge is -2.30. The summed E-state index contributed by atoms with van der Waals surface area (Å²) in [4.78, 5) is 4.30. The van der Waals surface area contributed by atoms with Crippen LogP contribution in [0.15, 0.2) is 40.8 Å². The summed E-state index contributed by atoms with van der Waals surface area (Å²) in [5.74, 6) is -0.272. The van der Waals surface area contributed by atoms with Crippen molar-refractivity contribution in [3.8, 4) is 0 Å². The van der Waals surface area contributed by atoms with Crippen molar-refractivity contribution in [2.24, 2.45) is 0 Å². The molecule has 0 radical (unpaired) electrons. The molecule has 6 heteroatoms. The molecule has 2 atom stereocenters. The molecule has 3 rings (SSSR count). The van der Waals surface area contributed by atoms with Gasteiger partial charge in [0.1, 0.15) is 5.52 Å². The van der Waals surface area contributed by atoms with Crippen LogP contribution in [0.25, 0.3) is 11.1 Å². The van der Waals surface area contributed by atoms with Gasteiger partial charge in [0.25, 0.3) is 0 Å². The molecule has 1 heterocycles. The highest BCUT2D eigenvalue weighted by Gasteiger charge is 2.41. The van der Waals surface area contributed by atoms with E-state index in [0.717, 1.165) is 5.57 Å². The molecule has 1 fully saturated rings. The van der Waals surface area contributed by atoms with Crippen LogP contribution in [0.1, 0.15) is 31.1 Å². The summed E-state index contributed by atoms with van der Waals surface area (Å²) in [6.45, 7) is 3.87. The van der Waals surface area contributed by atoms with Crippen molar-refractivity contribution < 1.29 is 22.3 Å². The molecule has 0 amide bonds. The van der Waals surface area contributed by atoms with Crippen molar-refractivity contribution in [1.29, 1.82) is 0 Å². The van der Waals surface area contributed by atoms with Crippen LogP contribution in [-0.2, 0) is 4.74 Å². The highest BCUT2D eigenvalue weighted by atomic mass is 19.4. The number of nitrogens with zero attached hydrogens (tertiary/aromatic N) is 1. The first-order valence-electron chi connectivity index (χ1n) is 6.69. The summed E-state index contributed by atoms with van der Waals surface area (Å²) in [7, 11) is 0. The van der Waals surface area contributed by atoms with Gasteiger partial charge >= 0.3 is 6.36 Å². The SMILES string of the molecule is C=C1CCC(OC(F)(F)F)C(c2nc3ccccc3o2)C1. The molecule has 1 aliphatic rings. The zero-order valence-corrected chi connectivity index (χ0v) is 11.2. The maximum atomic E-state index is 12.5. The van der Waals surface area contributed by atoms with Gasteiger partial charge in [-0.3, -0.25) is 4.74 Å². The second-order valence-corrected chi connectivity index (χ2v) is 5.22. The molecule has 2 unspecified atom stereocenters. The normalized spacial score (nSPS) is 23.7. The molecule has 0 spiro atoms. The van der Waals surface area contributed by atoms with Gasteiger partial charge in [-0.25, -0.2) is 4.98 Å². The number of halogens is 3. The fourth-order valence-electron chi connectivity index (χ4n) is 2.70. The number of para-hydroxylation sites is 2. The second-order valence-electron chi connectivity index (χ2n) is 5.22. The molecule has 1 saturated carbocycles. The molecule has 0 bridgehead atoms. The standard InChI is InChI=1S/C15H14F3NO2/c1-9-6-7-12(21-15(16,17)18)10(8-9)14-19-11-4-2-3-5-13(11)20-14/h2-5,10,12H,1,6-8H2. The van der Waals surface area contributed by atoms with E-state index in [4.69, 9.17) is 4.42 Å². The molecular formula is C15H14F3NO2. The number of ether oxygens (including phenoxy) is 1. The Morgan fingerprint density at radius 1 is 1.29 bits per heavy atom. The van der Waals surface area contributed by atoms with E-state index < -0.39 is 18.4 Å². The summed E-state index contributed by atoms with van der Waals surface area (Å²) in [5, 5.41) is 0. The number of alkyl halides is 3. The van der Waals surface area contributed by atoms with Crippen LogP contribution in [0, 0.1) is 0 Å². The summed E-state index contributed by atoms with van der Waals surface area (Å²) < 4.78 is 47.5. The Morgan fingerprint density at radius 3 is 2.76 bits per heavy atom. The minimum Gasteiger partial charge on any atom is -0.440 e. The highest BCUT2D eigenvalue weighted by Crippen LogP contribution is 2.40. The first-order valence-corrected chi connectivity index (χ1v) is 6.69. The van der Waals surface area contributed by atoms with Gasteiger partial charge in [0.15, 0.2) is 5.58 Å². The van der Waals surface area contributed by atoms with Crippen LogP contribution in [0.5, 0.6) is 0 Å². The molecule has 0 N–H and O–H groups in total. The van der Waals surface area contributed by atoms with Crippen LogP contribution in [0.3, 0.4) is 0 Å². The third-order valence-electron chi connectivity index (χ3n) is 3.65. The largest absolute Gasteiger partial charge is 0.522 e. The molecule has 3 nitrogen and oxygen atoms in total. The van der Waals surface area contributed by atoms with Crippen LogP contribution in [-0.4, -0.2) is 17.5 Å².